The number of benzene rings is 1. The SMILES string of the molecule is CCCN(C(=O)C[NH+](C)CC(=O)Nc1cc(Cl)ccc1OC)C1=CCCC1. The van der Waals surface area contributed by atoms with Crippen molar-refractivity contribution in [2.75, 3.05) is 39.1 Å². The number of amides is 2. The summed E-state index contributed by atoms with van der Waals surface area (Å²) in [5.74, 6) is 0.419. The second kappa shape index (κ2) is 10.3. The van der Waals surface area contributed by atoms with Crippen LogP contribution in [0.25, 0.3) is 0 Å². The number of carbonyl (C=O) groups excluding carboxylic acids is 2. The first-order valence-corrected chi connectivity index (χ1v) is 9.76. The minimum Gasteiger partial charge on any atom is -0.495 e. The Bertz CT molecular complexity index is 706. The van der Waals surface area contributed by atoms with Crippen LogP contribution in [-0.2, 0) is 9.59 Å². The van der Waals surface area contributed by atoms with Crippen molar-refractivity contribution in [3.8, 4) is 5.75 Å². The molecule has 2 N–H and O–H groups in total. The van der Waals surface area contributed by atoms with Crippen molar-refractivity contribution in [2.45, 2.75) is 32.6 Å². The Kier molecular flexibility index (Phi) is 8.13. The number of quaternary nitrogens is 1. The molecule has 1 aromatic carbocycles. The molecular weight excluding hydrogens is 366 g/mol. The molecule has 1 atom stereocenters. The molecule has 0 bridgehead atoms. The highest BCUT2D eigenvalue weighted by Gasteiger charge is 2.23. The van der Waals surface area contributed by atoms with Crippen LogP contribution in [0, 0.1) is 0 Å². The summed E-state index contributed by atoms with van der Waals surface area (Å²) in [5, 5.41) is 3.33. The van der Waals surface area contributed by atoms with Crippen LogP contribution in [0.2, 0.25) is 5.02 Å². The van der Waals surface area contributed by atoms with Crippen molar-refractivity contribution in [2.24, 2.45) is 0 Å². The van der Waals surface area contributed by atoms with E-state index in [2.05, 4.69) is 18.3 Å². The van der Waals surface area contributed by atoms with Gasteiger partial charge >= 0.3 is 0 Å². The molecule has 0 heterocycles. The number of nitrogens with one attached hydrogen (secondary N) is 2. The third kappa shape index (κ3) is 6.26. The minimum absolute atomic E-state index is 0.0654. The molecule has 0 spiro atoms. The molecule has 1 aliphatic carbocycles. The second-order valence-corrected chi connectivity index (χ2v) is 7.27. The van der Waals surface area contributed by atoms with Crippen LogP contribution < -0.4 is 15.0 Å². The summed E-state index contributed by atoms with van der Waals surface area (Å²) >= 11 is 5.99. The summed E-state index contributed by atoms with van der Waals surface area (Å²) in [6.07, 6.45) is 6.17. The van der Waals surface area contributed by atoms with Crippen LogP contribution in [0.5, 0.6) is 5.75 Å². The summed E-state index contributed by atoms with van der Waals surface area (Å²) in [4.78, 5) is 27.8. The average molecular weight is 395 g/mol. The highest BCUT2D eigenvalue weighted by atomic mass is 35.5. The van der Waals surface area contributed by atoms with Crippen LogP contribution in [0.1, 0.15) is 32.6 Å². The molecule has 27 heavy (non-hydrogen) atoms. The van der Waals surface area contributed by atoms with Gasteiger partial charge in [-0.05, 0) is 43.9 Å². The van der Waals surface area contributed by atoms with E-state index < -0.39 is 0 Å². The zero-order valence-corrected chi connectivity index (χ0v) is 17.1. The van der Waals surface area contributed by atoms with Crippen molar-refractivity contribution in [3.63, 3.8) is 0 Å². The van der Waals surface area contributed by atoms with Crippen molar-refractivity contribution in [1.82, 2.24) is 4.90 Å². The number of hydrogen-bond donors (Lipinski definition) is 2. The summed E-state index contributed by atoms with van der Waals surface area (Å²) in [6, 6.07) is 5.05. The summed E-state index contributed by atoms with van der Waals surface area (Å²) < 4.78 is 5.24. The van der Waals surface area contributed by atoms with Gasteiger partial charge in [0.05, 0.1) is 19.8 Å². The second-order valence-electron chi connectivity index (χ2n) is 6.84. The van der Waals surface area contributed by atoms with E-state index in [-0.39, 0.29) is 24.9 Å². The maximum atomic E-state index is 12.7. The van der Waals surface area contributed by atoms with E-state index in [1.807, 2.05) is 11.9 Å². The lowest BCUT2D eigenvalue weighted by molar-refractivity contribution is -0.862. The van der Waals surface area contributed by atoms with Crippen molar-refractivity contribution in [3.05, 3.63) is 35.0 Å². The molecule has 0 saturated carbocycles. The Morgan fingerprint density at radius 3 is 2.74 bits per heavy atom. The molecule has 0 aromatic heterocycles. The van der Waals surface area contributed by atoms with Gasteiger partial charge in [-0.2, -0.15) is 0 Å². The van der Waals surface area contributed by atoms with Gasteiger partial charge in [0.1, 0.15) is 5.75 Å². The van der Waals surface area contributed by atoms with E-state index in [1.54, 1.807) is 18.2 Å². The molecule has 1 aromatic rings. The Balaban J connectivity index is 1.92. The van der Waals surface area contributed by atoms with E-state index >= 15 is 0 Å². The number of methoxy groups -OCH3 is 1. The Hall–Kier alpha value is -2.05. The number of carbonyl (C=O) groups is 2. The summed E-state index contributed by atoms with van der Waals surface area (Å²) in [5.41, 5.74) is 1.65. The highest BCUT2D eigenvalue weighted by molar-refractivity contribution is 6.31. The van der Waals surface area contributed by atoms with Gasteiger partial charge in [-0.15, -0.1) is 0 Å². The normalized spacial score (nSPS) is 14.4. The maximum absolute atomic E-state index is 12.7. The first kappa shape index (κ1) is 21.3. The van der Waals surface area contributed by atoms with E-state index in [9.17, 15) is 9.59 Å². The Morgan fingerprint density at radius 2 is 2.11 bits per heavy atom. The Morgan fingerprint density at radius 1 is 1.33 bits per heavy atom. The summed E-state index contributed by atoms with van der Waals surface area (Å²) in [7, 11) is 3.38. The fourth-order valence-electron chi connectivity index (χ4n) is 3.21. The molecule has 7 heteroatoms. The van der Waals surface area contributed by atoms with Gasteiger partial charge in [-0.25, -0.2) is 0 Å². The van der Waals surface area contributed by atoms with E-state index in [0.29, 0.717) is 16.5 Å². The molecule has 2 rings (SSSR count). The fraction of sp³-hybridized carbons (Fsp3) is 0.500. The number of rotatable bonds is 9. The lowest BCUT2D eigenvalue weighted by Gasteiger charge is -2.24. The van der Waals surface area contributed by atoms with Crippen molar-refractivity contribution < 1.29 is 19.2 Å². The third-order valence-corrected chi connectivity index (χ3v) is 4.70. The monoisotopic (exact) mass is 394 g/mol. The standard InChI is InChI=1S/C20H28ClN3O3/c1-4-11-24(16-7-5-6-8-16)20(26)14-23(2)13-19(25)22-17-12-15(21)9-10-18(17)27-3/h7,9-10,12H,4-6,8,11,13-14H2,1-3H3,(H,22,25)/p+1. The quantitative estimate of drug-likeness (QED) is 0.674. The molecule has 0 radical (unpaired) electrons. The first-order valence-electron chi connectivity index (χ1n) is 9.38. The number of anilines is 1. The first-order chi connectivity index (χ1) is 12.9. The fourth-order valence-corrected chi connectivity index (χ4v) is 3.39. The Labute approximate surface area is 166 Å². The average Bonchev–Trinajstić information content (AvgIpc) is 3.13. The van der Waals surface area contributed by atoms with Crippen molar-refractivity contribution in [1.29, 1.82) is 0 Å². The number of allylic oxidation sites excluding steroid dienone is 2. The molecule has 0 aliphatic heterocycles. The zero-order valence-electron chi connectivity index (χ0n) is 16.3. The van der Waals surface area contributed by atoms with Crippen LogP contribution in [0.15, 0.2) is 30.0 Å². The minimum atomic E-state index is -0.192. The van der Waals surface area contributed by atoms with E-state index in [0.717, 1.165) is 42.8 Å². The van der Waals surface area contributed by atoms with Crippen LogP contribution in [-0.4, -0.2) is 50.5 Å². The zero-order chi connectivity index (χ0) is 19.8. The van der Waals surface area contributed by atoms with Gasteiger partial charge in [0.15, 0.2) is 13.1 Å². The van der Waals surface area contributed by atoms with Crippen LogP contribution in [0.4, 0.5) is 5.69 Å². The predicted octanol–water partition coefficient (Wildman–Crippen LogP) is 2.11. The van der Waals surface area contributed by atoms with Crippen LogP contribution in [0.3, 0.4) is 0 Å². The van der Waals surface area contributed by atoms with Crippen molar-refractivity contribution >= 4 is 29.1 Å². The van der Waals surface area contributed by atoms with Gasteiger partial charge in [0, 0.05) is 17.3 Å². The number of ether oxygens (including phenoxy) is 1. The largest absolute Gasteiger partial charge is 0.495 e. The molecule has 1 unspecified atom stereocenters. The van der Waals surface area contributed by atoms with E-state index in [1.165, 1.54) is 7.11 Å². The maximum Gasteiger partial charge on any atom is 0.281 e. The van der Waals surface area contributed by atoms with Gasteiger partial charge in [0.2, 0.25) is 0 Å². The number of likely N-dealkylation sites (N-methyl/N-ethyl adjacent to an activating group) is 1. The van der Waals surface area contributed by atoms with Gasteiger partial charge < -0.3 is 19.9 Å². The van der Waals surface area contributed by atoms with E-state index in [4.69, 9.17) is 16.3 Å². The topological polar surface area (TPSA) is 63.1 Å². The third-order valence-electron chi connectivity index (χ3n) is 4.46. The van der Waals surface area contributed by atoms with Gasteiger partial charge in [-0.1, -0.05) is 24.6 Å². The molecule has 0 saturated heterocycles. The predicted molar refractivity (Wildman–Crippen MR) is 107 cm³/mol. The lowest BCUT2D eigenvalue weighted by Crippen LogP contribution is -3.11. The highest BCUT2D eigenvalue weighted by Crippen LogP contribution is 2.27. The summed E-state index contributed by atoms with van der Waals surface area (Å²) in [6.45, 7) is 3.25. The van der Waals surface area contributed by atoms with Gasteiger partial charge in [-0.3, -0.25) is 9.59 Å². The smallest absolute Gasteiger partial charge is 0.281 e. The molecule has 0 fully saturated rings. The molecule has 1 aliphatic rings. The lowest BCUT2D eigenvalue weighted by atomic mass is 10.2. The van der Waals surface area contributed by atoms with Crippen LogP contribution >= 0.6 is 11.6 Å². The molecule has 2 amide bonds. The molecular formula is C20H29ClN3O3+. The molecule has 148 valence electrons. The molecule has 6 nitrogen and oxygen atoms in total. The number of hydrogen-bond acceptors (Lipinski definition) is 3. The number of nitrogens with zero attached hydrogens (tertiary/aromatic N) is 1. The van der Waals surface area contributed by atoms with Gasteiger partial charge in [0.25, 0.3) is 11.8 Å². The number of halogens is 1.